The second-order valence-electron chi connectivity index (χ2n) is 4.92. The van der Waals surface area contributed by atoms with Crippen LogP contribution >= 0.6 is 0 Å². The summed E-state index contributed by atoms with van der Waals surface area (Å²) in [7, 11) is 1.30. The molecule has 2 aromatic rings. The molecule has 0 aromatic heterocycles. The van der Waals surface area contributed by atoms with Crippen LogP contribution in [0.2, 0.25) is 0 Å². The van der Waals surface area contributed by atoms with E-state index in [1.165, 1.54) is 19.2 Å². The predicted molar refractivity (Wildman–Crippen MR) is 89.9 cm³/mol. The number of rotatable bonds is 6. The maximum absolute atomic E-state index is 11.9. The molecule has 0 aliphatic rings. The summed E-state index contributed by atoms with van der Waals surface area (Å²) in [6.45, 7) is 0.0161. The fourth-order valence-corrected chi connectivity index (χ4v) is 1.98. The van der Waals surface area contributed by atoms with Crippen molar-refractivity contribution in [1.82, 2.24) is 0 Å². The minimum absolute atomic E-state index is 0.0161. The summed E-state index contributed by atoms with van der Waals surface area (Å²) in [5.41, 5.74) is 7.08. The summed E-state index contributed by atoms with van der Waals surface area (Å²) in [5.74, 6) is -1.25. The molecule has 2 amide bonds. The number of carbonyl (C=O) groups is 3. The van der Waals surface area contributed by atoms with Crippen molar-refractivity contribution in [3.63, 3.8) is 0 Å². The summed E-state index contributed by atoms with van der Waals surface area (Å²) in [4.78, 5) is 34.4. The number of anilines is 2. The Bertz CT molecular complexity index is 757. The van der Waals surface area contributed by atoms with E-state index in [2.05, 4.69) is 15.4 Å². The predicted octanol–water partition coefficient (Wildman–Crippen LogP) is 1.62. The quantitative estimate of drug-likeness (QED) is 0.698. The molecule has 0 heterocycles. The molecular weight excluding hydrogens is 310 g/mol. The molecule has 0 radical (unpaired) electrons. The van der Waals surface area contributed by atoms with Crippen LogP contribution < -0.4 is 16.4 Å². The highest BCUT2D eigenvalue weighted by Gasteiger charge is 2.07. The zero-order valence-electron chi connectivity index (χ0n) is 13.0. The number of nitrogens with one attached hydrogen (secondary N) is 2. The van der Waals surface area contributed by atoms with E-state index in [9.17, 15) is 14.4 Å². The summed E-state index contributed by atoms with van der Waals surface area (Å²) in [6, 6.07) is 12.9. The van der Waals surface area contributed by atoms with Gasteiger partial charge >= 0.3 is 5.97 Å². The number of ether oxygens (including phenoxy) is 1. The molecule has 0 atom stereocenters. The Hall–Kier alpha value is -3.35. The number of benzene rings is 2. The van der Waals surface area contributed by atoms with Gasteiger partial charge < -0.3 is 21.1 Å². The van der Waals surface area contributed by atoms with Crippen LogP contribution in [0.25, 0.3) is 0 Å². The number of esters is 1. The lowest BCUT2D eigenvalue weighted by molar-refractivity contribution is -0.114. The van der Waals surface area contributed by atoms with Crippen molar-refractivity contribution in [1.29, 1.82) is 0 Å². The second-order valence-corrected chi connectivity index (χ2v) is 4.92. The number of primary amides is 1. The highest BCUT2D eigenvalue weighted by atomic mass is 16.5. The van der Waals surface area contributed by atoms with E-state index in [4.69, 9.17) is 5.73 Å². The molecule has 2 rings (SSSR count). The number of carbonyl (C=O) groups excluding carboxylic acids is 3. The molecule has 124 valence electrons. The Kier molecular flexibility index (Phi) is 5.51. The van der Waals surface area contributed by atoms with Gasteiger partial charge in [-0.05, 0) is 42.5 Å². The van der Waals surface area contributed by atoms with E-state index < -0.39 is 11.9 Å². The summed E-state index contributed by atoms with van der Waals surface area (Å²) in [6.07, 6.45) is 0. The van der Waals surface area contributed by atoms with Crippen LogP contribution in [-0.2, 0) is 9.53 Å². The third kappa shape index (κ3) is 4.57. The summed E-state index contributed by atoms with van der Waals surface area (Å²) >= 11 is 0. The number of nitrogens with two attached hydrogens (primary N) is 1. The minimum Gasteiger partial charge on any atom is -0.465 e. The Labute approximate surface area is 138 Å². The average molecular weight is 327 g/mol. The van der Waals surface area contributed by atoms with Crippen molar-refractivity contribution in [2.24, 2.45) is 5.73 Å². The third-order valence-corrected chi connectivity index (χ3v) is 3.19. The van der Waals surface area contributed by atoms with Crippen LogP contribution in [-0.4, -0.2) is 31.4 Å². The first-order valence-electron chi connectivity index (χ1n) is 7.11. The molecule has 0 aliphatic heterocycles. The topological polar surface area (TPSA) is 111 Å². The van der Waals surface area contributed by atoms with Gasteiger partial charge in [0.1, 0.15) is 0 Å². The van der Waals surface area contributed by atoms with Gasteiger partial charge in [0.2, 0.25) is 11.8 Å². The first kappa shape index (κ1) is 17.0. The van der Waals surface area contributed by atoms with Crippen LogP contribution in [0.5, 0.6) is 0 Å². The molecule has 0 bridgehead atoms. The number of hydrogen-bond donors (Lipinski definition) is 3. The highest BCUT2D eigenvalue weighted by Crippen LogP contribution is 2.12. The van der Waals surface area contributed by atoms with Gasteiger partial charge in [-0.25, -0.2) is 4.79 Å². The molecule has 0 unspecified atom stereocenters. The van der Waals surface area contributed by atoms with E-state index in [1.807, 2.05) is 0 Å². The van der Waals surface area contributed by atoms with E-state index in [-0.39, 0.29) is 12.5 Å². The smallest absolute Gasteiger partial charge is 0.337 e. The molecule has 24 heavy (non-hydrogen) atoms. The van der Waals surface area contributed by atoms with Crippen LogP contribution in [0, 0.1) is 0 Å². The van der Waals surface area contributed by atoms with Crippen molar-refractivity contribution in [2.45, 2.75) is 0 Å². The van der Waals surface area contributed by atoms with Gasteiger partial charge in [-0.2, -0.15) is 0 Å². The zero-order chi connectivity index (χ0) is 17.5. The zero-order valence-corrected chi connectivity index (χ0v) is 13.0. The van der Waals surface area contributed by atoms with Gasteiger partial charge in [-0.1, -0.05) is 6.07 Å². The highest BCUT2D eigenvalue weighted by molar-refractivity contribution is 5.96. The lowest BCUT2D eigenvalue weighted by atomic mass is 10.2. The van der Waals surface area contributed by atoms with Gasteiger partial charge in [-0.15, -0.1) is 0 Å². The Morgan fingerprint density at radius 2 is 1.71 bits per heavy atom. The van der Waals surface area contributed by atoms with Crippen molar-refractivity contribution >= 4 is 29.2 Å². The van der Waals surface area contributed by atoms with Gasteiger partial charge in [0.15, 0.2) is 0 Å². The maximum atomic E-state index is 11.9. The first-order valence-corrected chi connectivity index (χ1v) is 7.11. The summed E-state index contributed by atoms with van der Waals surface area (Å²) < 4.78 is 4.64. The lowest BCUT2D eigenvalue weighted by Gasteiger charge is -2.09. The third-order valence-electron chi connectivity index (χ3n) is 3.19. The minimum atomic E-state index is -0.528. The lowest BCUT2D eigenvalue weighted by Crippen LogP contribution is -2.22. The molecule has 0 saturated carbocycles. The van der Waals surface area contributed by atoms with E-state index in [0.717, 1.165) is 0 Å². The Balaban J connectivity index is 1.91. The Morgan fingerprint density at radius 1 is 1.00 bits per heavy atom. The van der Waals surface area contributed by atoms with Crippen molar-refractivity contribution in [3.05, 3.63) is 59.7 Å². The van der Waals surface area contributed by atoms with Crippen LogP contribution in [0.3, 0.4) is 0 Å². The molecule has 7 heteroatoms. The molecule has 0 aliphatic carbocycles. The molecular formula is C17H17N3O4. The SMILES string of the molecule is COC(=O)c1cccc(NCC(=O)Nc2ccc(C(N)=O)cc2)c1. The number of amides is 2. The molecule has 0 spiro atoms. The number of hydrogen-bond acceptors (Lipinski definition) is 5. The first-order chi connectivity index (χ1) is 11.5. The molecule has 0 saturated heterocycles. The molecule has 0 fully saturated rings. The molecule has 2 aromatic carbocycles. The standard InChI is InChI=1S/C17H17N3O4/c1-24-17(23)12-3-2-4-14(9-12)19-10-15(21)20-13-7-5-11(6-8-13)16(18)22/h2-9,19H,10H2,1H3,(H2,18,22)(H,20,21). The molecule has 4 N–H and O–H groups in total. The van der Waals surface area contributed by atoms with Crippen molar-refractivity contribution < 1.29 is 19.1 Å². The maximum Gasteiger partial charge on any atom is 0.337 e. The van der Waals surface area contributed by atoms with E-state index in [0.29, 0.717) is 22.5 Å². The average Bonchev–Trinajstić information content (AvgIpc) is 2.60. The molecule has 7 nitrogen and oxygen atoms in total. The van der Waals surface area contributed by atoms with E-state index >= 15 is 0 Å². The van der Waals surface area contributed by atoms with Gasteiger partial charge in [0.25, 0.3) is 0 Å². The van der Waals surface area contributed by atoms with Crippen LogP contribution in [0.1, 0.15) is 20.7 Å². The fraction of sp³-hybridized carbons (Fsp3) is 0.118. The number of methoxy groups -OCH3 is 1. The van der Waals surface area contributed by atoms with Gasteiger partial charge in [0, 0.05) is 16.9 Å². The van der Waals surface area contributed by atoms with Crippen molar-refractivity contribution in [3.8, 4) is 0 Å². The summed E-state index contributed by atoms with van der Waals surface area (Å²) in [5, 5.41) is 5.60. The van der Waals surface area contributed by atoms with Gasteiger partial charge in [-0.3, -0.25) is 9.59 Å². The van der Waals surface area contributed by atoms with Crippen molar-refractivity contribution in [2.75, 3.05) is 24.3 Å². The fourth-order valence-electron chi connectivity index (χ4n) is 1.98. The normalized spacial score (nSPS) is 9.88. The second kappa shape index (κ2) is 7.77. The van der Waals surface area contributed by atoms with Crippen LogP contribution in [0.4, 0.5) is 11.4 Å². The Morgan fingerprint density at radius 3 is 2.33 bits per heavy atom. The largest absolute Gasteiger partial charge is 0.465 e. The van der Waals surface area contributed by atoms with Gasteiger partial charge in [0.05, 0.1) is 19.2 Å². The monoisotopic (exact) mass is 327 g/mol. The van der Waals surface area contributed by atoms with Crippen LogP contribution in [0.15, 0.2) is 48.5 Å². The van der Waals surface area contributed by atoms with E-state index in [1.54, 1.807) is 36.4 Å².